The molecule has 5 heteroatoms. The van der Waals surface area contributed by atoms with Crippen molar-refractivity contribution in [1.82, 2.24) is 10.2 Å². The summed E-state index contributed by atoms with van der Waals surface area (Å²) < 4.78 is 5.15. The number of hydrogen-bond acceptors (Lipinski definition) is 4. The number of rotatable bonds is 4. The number of methoxy groups -OCH3 is 1. The lowest BCUT2D eigenvalue weighted by Crippen LogP contribution is -2.46. The number of benzene rings is 1. The van der Waals surface area contributed by atoms with Gasteiger partial charge >= 0.3 is 0 Å². The SMILES string of the molecule is COc1ccc(NC(=O)CN2CCNCC2)c(C)c1. The predicted molar refractivity (Wildman–Crippen MR) is 75.7 cm³/mol. The highest BCUT2D eigenvalue weighted by Gasteiger charge is 2.14. The lowest BCUT2D eigenvalue weighted by molar-refractivity contribution is -0.117. The van der Waals surface area contributed by atoms with E-state index in [-0.39, 0.29) is 5.91 Å². The van der Waals surface area contributed by atoms with Gasteiger partial charge in [-0.1, -0.05) is 0 Å². The normalized spacial score (nSPS) is 16.1. The van der Waals surface area contributed by atoms with Crippen molar-refractivity contribution in [2.75, 3.05) is 45.2 Å². The quantitative estimate of drug-likeness (QED) is 0.845. The molecule has 1 aliphatic heterocycles. The minimum atomic E-state index is 0.0372. The summed E-state index contributed by atoms with van der Waals surface area (Å²) in [4.78, 5) is 14.1. The zero-order chi connectivity index (χ0) is 13.7. The van der Waals surface area contributed by atoms with Gasteiger partial charge in [-0.05, 0) is 30.7 Å². The highest BCUT2D eigenvalue weighted by Crippen LogP contribution is 2.20. The fraction of sp³-hybridized carbons (Fsp3) is 0.500. The largest absolute Gasteiger partial charge is 0.497 e. The molecule has 1 fully saturated rings. The average Bonchev–Trinajstić information content (AvgIpc) is 2.42. The third kappa shape index (κ3) is 3.94. The second-order valence-corrected chi connectivity index (χ2v) is 4.76. The van der Waals surface area contributed by atoms with Crippen LogP contribution in [0.2, 0.25) is 0 Å². The molecule has 0 spiro atoms. The van der Waals surface area contributed by atoms with Crippen molar-refractivity contribution < 1.29 is 9.53 Å². The Labute approximate surface area is 113 Å². The lowest BCUT2D eigenvalue weighted by Gasteiger charge is -2.26. The first kappa shape index (κ1) is 13.8. The summed E-state index contributed by atoms with van der Waals surface area (Å²) in [6.07, 6.45) is 0. The number of piperazine rings is 1. The summed E-state index contributed by atoms with van der Waals surface area (Å²) in [6.45, 7) is 6.17. The molecule has 0 bridgehead atoms. The summed E-state index contributed by atoms with van der Waals surface area (Å²) >= 11 is 0. The Balaban J connectivity index is 1.91. The number of carbonyl (C=O) groups excluding carboxylic acids is 1. The van der Waals surface area contributed by atoms with Crippen LogP contribution in [0, 0.1) is 6.92 Å². The van der Waals surface area contributed by atoms with Crippen molar-refractivity contribution in [1.29, 1.82) is 0 Å². The standard InChI is InChI=1S/C14H21N3O2/c1-11-9-12(19-2)3-4-13(11)16-14(18)10-17-7-5-15-6-8-17/h3-4,9,15H,5-8,10H2,1-2H3,(H,16,18). The minimum absolute atomic E-state index is 0.0372. The van der Waals surface area contributed by atoms with Crippen molar-refractivity contribution in [3.63, 3.8) is 0 Å². The molecule has 1 aliphatic rings. The fourth-order valence-electron chi connectivity index (χ4n) is 2.17. The molecule has 1 amide bonds. The third-order valence-electron chi connectivity index (χ3n) is 3.28. The van der Waals surface area contributed by atoms with Crippen LogP contribution in [0.3, 0.4) is 0 Å². The van der Waals surface area contributed by atoms with E-state index < -0.39 is 0 Å². The van der Waals surface area contributed by atoms with Crippen molar-refractivity contribution >= 4 is 11.6 Å². The van der Waals surface area contributed by atoms with Crippen LogP contribution in [0.15, 0.2) is 18.2 Å². The van der Waals surface area contributed by atoms with Crippen LogP contribution in [-0.2, 0) is 4.79 Å². The van der Waals surface area contributed by atoms with Gasteiger partial charge in [0.25, 0.3) is 0 Å². The van der Waals surface area contributed by atoms with Crippen LogP contribution < -0.4 is 15.4 Å². The molecule has 104 valence electrons. The number of aryl methyl sites for hydroxylation is 1. The van der Waals surface area contributed by atoms with Crippen molar-refractivity contribution in [2.24, 2.45) is 0 Å². The smallest absolute Gasteiger partial charge is 0.238 e. The van der Waals surface area contributed by atoms with Gasteiger partial charge in [-0.15, -0.1) is 0 Å². The number of anilines is 1. The van der Waals surface area contributed by atoms with Crippen LogP contribution >= 0.6 is 0 Å². The van der Waals surface area contributed by atoms with Crippen molar-refractivity contribution in [3.8, 4) is 5.75 Å². The van der Waals surface area contributed by atoms with Crippen LogP contribution in [0.4, 0.5) is 5.69 Å². The average molecular weight is 263 g/mol. The van der Waals surface area contributed by atoms with Gasteiger partial charge in [0.15, 0.2) is 0 Å². The maximum absolute atomic E-state index is 12.0. The Morgan fingerprint density at radius 1 is 1.42 bits per heavy atom. The Hall–Kier alpha value is -1.59. The lowest BCUT2D eigenvalue weighted by atomic mass is 10.2. The van der Waals surface area contributed by atoms with Gasteiger partial charge in [-0.25, -0.2) is 0 Å². The van der Waals surface area contributed by atoms with E-state index in [2.05, 4.69) is 15.5 Å². The molecule has 2 rings (SSSR count). The van der Waals surface area contributed by atoms with Gasteiger partial charge < -0.3 is 15.4 Å². The van der Waals surface area contributed by atoms with Gasteiger partial charge in [-0.2, -0.15) is 0 Å². The molecular weight excluding hydrogens is 242 g/mol. The second-order valence-electron chi connectivity index (χ2n) is 4.76. The zero-order valence-electron chi connectivity index (χ0n) is 11.5. The molecule has 2 N–H and O–H groups in total. The zero-order valence-corrected chi connectivity index (χ0v) is 11.5. The van der Waals surface area contributed by atoms with E-state index in [9.17, 15) is 4.79 Å². The van der Waals surface area contributed by atoms with Crippen molar-refractivity contribution in [2.45, 2.75) is 6.92 Å². The Morgan fingerprint density at radius 2 is 2.16 bits per heavy atom. The summed E-state index contributed by atoms with van der Waals surface area (Å²) in [5.41, 5.74) is 1.86. The molecule has 0 aliphatic carbocycles. The maximum atomic E-state index is 12.0. The molecule has 0 saturated carbocycles. The van der Waals surface area contributed by atoms with Gasteiger partial charge in [0.2, 0.25) is 5.91 Å². The molecular formula is C14H21N3O2. The first-order valence-corrected chi connectivity index (χ1v) is 6.56. The van der Waals surface area contributed by atoms with E-state index in [1.807, 2.05) is 25.1 Å². The molecule has 1 saturated heterocycles. The van der Waals surface area contributed by atoms with Gasteiger partial charge in [0.05, 0.1) is 13.7 Å². The van der Waals surface area contributed by atoms with E-state index in [1.165, 1.54) is 0 Å². The number of ether oxygens (including phenoxy) is 1. The van der Waals surface area contributed by atoms with E-state index in [4.69, 9.17) is 4.74 Å². The third-order valence-corrected chi connectivity index (χ3v) is 3.28. The van der Waals surface area contributed by atoms with E-state index in [1.54, 1.807) is 7.11 Å². The highest BCUT2D eigenvalue weighted by atomic mass is 16.5. The molecule has 0 unspecified atom stereocenters. The number of carbonyl (C=O) groups is 1. The van der Waals surface area contributed by atoms with Gasteiger partial charge in [-0.3, -0.25) is 9.69 Å². The fourth-order valence-corrected chi connectivity index (χ4v) is 2.17. The van der Waals surface area contributed by atoms with Crippen LogP contribution in [0.25, 0.3) is 0 Å². The van der Waals surface area contributed by atoms with Crippen LogP contribution in [-0.4, -0.2) is 50.6 Å². The number of nitrogens with zero attached hydrogens (tertiary/aromatic N) is 1. The summed E-state index contributed by atoms with van der Waals surface area (Å²) in [5, 5.41) is 6.22. The van der Waals surface area contributed by atoms with Gasteiger partial charge in [0, 0.05) is 31.9 Å². The molecule has 0 aromatic heterocycles. The number of nitrogens with one attached hydrogen (secondary N) is 2. The minimum Gasteiger partial charge on any atom is -0.497 e. The second kappa shape index (κ2) is 6.54. The molecule has 0 atom stereocenters. The monoisotopic (exact) mass is 263 g/mol. The van der Waals surface area contributed by atoms with E-state index >= 15 is 0 Å². The van der Waals surface area contributed by atoms with Crippen LogP contribution in [0.5, 0.6) is 5.75 Å². The Kier molecular flexibility index (Phi) is 4.76. The van der Waals surface area contributed by atoms with Crippen LogP contribution in [0.1, 0.15) is 5.56 Å². The highest BCUT2D eigenvalue weighted by molar-refractivity contribution is 5.93. The molecule has 19 heavy (non-hydrogen) atoms. The molecule has 0 radical (unpaired) electrons. The summed E-state index contributed by atoms with van der Waals surface area (Å²) in [7, 11) is 1.64. The van der Waals surface area contributed by atoms with E-state index in [0.717, 1.165) is 43.2 Å². The maximum Gasteiger partial charge on any atom is 0.238 e. The van der Waals surface area contributed by atoms with Gasteiger partial charge in [0.1, 0.15) is 5.75 Å². The summed E-state index contributed by atoms with van der Waals surface area (Å²) in [5.74, 6) is 0.841. The molecule has 1 heterocycles. The number of hydrogen-bond donors (Lipinski definition) is 2. The Bertz CT molecular complexity index is 442. The summed E-state index contributed by atoms with van der Waals surface area (Å²) in [6, 6.07) is 5.65. The molecule has 1 aromatic rings. The first-order chi connectivity index (χ1) is 9.19. The molecule has 5 nitrogen and oxygen atoms in total. The topological polar surface area (TPSA) is 53.6 Å². The molecule has 1 aromatic carbocycles. The predicted octanol–water partition coefficient (Wildman–Crippen LogP) is 0.847. The number of amides is 1. The Morgan fingerprint density at radius 3 is 2.79 bits per heavy atom. The first-order valence-electron chi connectivity index (χ1n) is 6.56. The van der Waals surface area contributed by atoms with Crippen molar-refractivity contribution in [3.05, 3.63) is 23.8 Å². The van der Waals surface area contributed by atoms with E-state index in [0.29, 0.717) is 6.54 Å².